The van der Waals surface area contributed by atoms with Crippen molar-refractivity contribution in [2.75, 3.05) is 34.4 Å². The molecule has 1 aromatic heterocycles. The summed E-state index contributed by atoms with van der Waals surface area (Å²) in [5.74, 6) is 1.50. The van der Waals surface area contributed by atoms with Crippen LogP contribution in [-0.4, -0.2) is 51.6 Å². The standard InChI is InChI=1S/C22H28N2O4S/c1-16(2)17-6-9-19(10-7-17)29(25,26)24-15-22(28-13-12-23(3)4)20-14-18(27-5)8-11-21(20)24/h6-11,14-16H,12-13H2,1-5H3. The van der Waals surface area contributed by atoms with Gasteiger partial charge in [-0.15, -0.1) is 0 Å². The minimum Gasteiger partial charge on any atom is -0.497 e. The van der Waals surface area contributed by atoms with Crippen molar-refractivity contribution in [2.45, 2.75) is 24.7 Å². The monoisotopic (exact) mass is 416 g/mol. The first-order valence-corrected chi connectivity index (χ1v) is 11.0. The molecule has 0 aliphatic rings. The molecule has 2 aromatic carbocycles. The Morgan fingerprint density at radius 3 is 2.34 bits per heavy atom. The molecule has 0 atom stereocenters. The van der Waals surface area contributed by atoms with E-state index in [1.54, 1.807) is 43.6 Å². The SMILES string of the molecule is COc1ccc2c(c1)c(OCCN(C)C)cn2S(=O)(=O)c1ccc(C(C)C)cc1. The molecule has 0 aliphatic heterocycles. The van der Waals surface area contributed by atoms with E-state index in [9.17, 15) is 8.42 Å². The van der Waals surface area contributed by atoms with Crippen LogP contribution in [0.4, 0.5) is 0 Å². The number of aromatic nitrogens is 1. The number of hydrogen-bond donors (Lipinski definition) is 0. The number of hydrogen-bond acceptors (Lipinski definition) is 5. The first-order valence-electron chi connectivity index (χ1n) is 9.56. The van der Waals surface area contributed by atoms with E-state index in [1.165, 1.54) is 3.97 Å². The van der Waals surface area contributed by atoms with E-state index >= 15 is 0 Å². The third kappa shape index (κ3) is 4.41. The molecular formula is C22H28N2O4S. The predicted molar refractivity (Wildman–Crippen MR) is 116 cm³/mol. The second-order valence-electron chi connectivity index (χ2n) is 7.55. The van der Waals surface area contributed by atoms with Crippen LogP contribution in [0.25, 0.3) is 10.9 Å². The summed E-state index contributed by atoms with van der Waals surface area (Å²) in [6, 6.07) is 12.3. The third-order valence-corrected chi connectivity index (χ3v) is 6.53. The zero-order valence-corrected chi connectivity index (χ0v) is 18.4. The quantitative estimate of drug-likeness (QED) is 0.556. The van der Waals surface area contributed by atoms with Gasteiger partial charge in [-0.25, -0.2) is 12.4 Å². The van der Waals surface area contributed by atoms with Gasteiger partial charge in [0.05, 0.1) is 23.7 Å². The van der Waals surface area contributed by atoms with Crippen LogP contribution in [0.1, 0.15) is 25.3 Å². The maximum absolute atomic E-state index is 13.3. The van der Waals surface area contributed by atoms with Gasteiger partial charge in [0.15, 0.2) is 0 Å². The molecular weight excluding hydrogens is 388 g/mol. The molecule has 7 heteroatoms. The first kappa shape index (κ1) is 21.2. The fourth-order valence-corrected chi connectivity index (χ4v) is 4.43. The smallest absolute Gasteiger partial charge is 0.268 e. The summed E-state index contributed by atoms with van der Waals surface area (Å²) in [6.07, 6.45) is 1.55. The number of nitrogens with zero attached hydrogens (tertiary/aromatic N) is 2. The van der Waals surface area contributed by atoms with Gasteiger partial charge < -0.3 is 14.4 Å². The van der Waals surface area contributed by atoms with Crippen molar-refractivity contribution in [3.63, 3.8) is 0 Å². The van der Waals surface area contributed by atoms with Crippen molar-refractivity contribution in [3.8, 4) is 11.5 Å². The van der Waals surface area contributed by atoms with Gasteiger partial charge in [-0.1, -0.05) is 26.0 Å². The molecule has 0 radical (unpaired) electrons. The van der Waals surface area contributed by atoms with Gasteiger partial charge in [0.25, 0.3) is 10.0 Å². The van der Waals surface area contributed by atoms with E-state index in [0.29, 0.717) is 34.9 Å². The van der Waals surface area contributed by atoms with Crippen molar-refractivity contribution in [1.82, 2.24) is 8.87 Å². The van der Waals surface area contributed by atoms with Crippen LogP contribution >= 0.6 is 0 Å². The third-order valence-electron chi connectivity index (χ3n) is 4.84. The van der Waals surface area contributed by atoms with E-state index in [1.807, 2.05) is 31.1 Å². The van der Waals surface area contributed by atoms with Crippen molar-refractivity contribution < 1.29 is 17.9 Å². The second kappa shape index (κ2) is 8.47. The number of likely N-dealkylation sites (N-methyl/N-ethyl adjacent to an activating group) is 1. The summed E-state index contributed by atoms with van der Waals surface area (Å²) in [4.78, 5) is 2.25. The summed E-state index contributed by atoms with van der Waals surface area (Å²) >= 11 is 0. The molecule has 0 bridgehead atoms. The molecule has 6 nitrogen and oxygen atoms in total. The Kier molecular flexibility index (Phi) is 6.19. The van der Waals surface area contributed by atoms with Crippen molar-refractivity contribution in [2.24, 2.45) is 0 Å². The van der Waals surface area contributed by atoms with Gasteiger partial charge in [-0.3, -0.25) is 0 Å². The zero-order chi connectivity index (χ0) is 21.2. The van der Waals surface area contributed by atoms with Crippen molar-refractivity contribution in [3.05, 3.63) is 54.2 Å². The molecule has 3 aromatic rings. The number of ether oxygens (including phenoxy) is 2. The lowest BCUT2D eigenvalue weighted by molar-refractivity contribution is 0.263. The molecule has 3 rings (SSSR count). The van der Waals surface area contributed by atoms with Crippen molar-refractivity contribution >= 4 is 20.9 Å². The molecule has 0 unspecified atom stereocenters. The average Bonchev–Trinajstić information content (AvgIpc) is 3.06. The largest absolute Gasteiger partial charge is 0.497 e. The molecule has 0 fully saturated rings. The normalized spacial score (nSPS) is 12.1. The van der Waals surface area contributed by atoms with E-state index in [2.05, 4.69) is 13.8 Å². The Hall–Kier alpha value is -2.51. The van der Waals surface area contributed by atoms with Crippen LogP contribution in [0.3, 0.4) is 0 Å². The van der Waals surface area contributed by atoms with Crippen LogP contribution < -0.4 is 9.47 Å². The summed E-state index contributed by atoms with van der Waals surface area (Å²) in [5, 5.41) is 0.700. The highest BCUT2D eigenvalue weighted by Gasteiger charge is 2.22. The summed E-state index contributed by atoms with van der Waals surface area (Å²) < 4.78 is 39.2. The zero-order valence-electron chi connectivity index (χ0n) is 17.5. The predicted octanol–water partition coefficient (Wildman–Crippen LogP) is 3.95. The van der Waals surface area contributed by atoms with Crippen LogP contribution in [0.2, 0.25) is 0 Å². The topological polar surface area (TPSA) is 60.8 Å². The Balaban J connectivity index is 2.07. The van der Waals surface area contributed by atoms with Crippen LogP contribution in [0, 0.1) is 0 Å². The van der Waals surface area contributed by atoms with Gasteiger partial charge in [0, 0.05) is 11.9 Å². The number of rotatable bonds is 8. The molecule has 1 heterocycles. The van der Waals surface area contributed by atoms with E-state index in [0.717, 1.165) is 12.1 Å². The highest BCUT2D eigenvalue weighted by atomic mass is 32.2. The number of methoxy groups -OCH3 is 1. The highest BCUT2D eigenvalue weighted by Crippen LogP contribution is 2.34. The maximum atomic E-state index is 13.3. The van der Waals surface area contributed by atoms with E-state index in [-0.39, 0.29) is 4.90 Å². The molecule has 0 aliphatic carbocycles. The van der Waals surface area contributed by atoms with Crippen LogP contribution in [0.5, 0.6) is 11.5 Å². The number of fused-ring (bicyclic) bond motifs is 1. The lowest BCUT2D eigenvalue weighted by Gasteiger charge is -2.10. The lowest BCUT2D eigenvalue weighted by atomic mass is 10.0. The molecule has 0 saturated heterocycles. The summed E-state index contributed by atoms with van der Waals surface area (Å²) in [5.41, 5.74) is 1.65. The molecule has 0 saturated carbocycles. The van der Waals surface area contributed by atoms with Crippen molar-refractivity contribution in [1.29, 1.82) is 0 Å². The second-order valence-corrected chi connectivity index (χ2v) is 9.37. The summed E-state index contributed by atoms with van der Waals surface area (Å²) in [6.45, 7) is 5.33. The summed E-state index contributed by atoms with van der Waals surface area (Å²) in [7, 11) is 1.74. The Labute approximate surface area is 172 Å². The number of benzene rings is 2. The van der Waals surface area contributed by atoms with Gasteiger partial charge in [0.2, 0.25) is 0 Å². The Morgan fingerprint density at radius 2 is 1.76 bits per heavy atom. The maximum Gasteiger partial charge on any atom is 0.268 e. The molecule has 29 heavy (non-hydrogen) atoms. The lowest BCUT2D eigenvalue weighted by Crippen LogP contribution is -2.19. The van der Waals surface area contributed by atoms with E-state index < -0.39 is 10.0 Å². The van der Waals surface area contributed by atoms with Gasteiger partial charge in [-0.2, -0.15) is 0 Å². The Bertz CT molecular complexity index is 1080. The van der Waals surface area contributed by atoms with Gasteiger partial charge in [-0.05, 0) is 55.9 Å². The highest BCUT2D eigenvalue weighted by molar-refractivity contribution is 7.90. The molecule has 156 valence electrons. The fraction of sp³-hybridized carbons (Fsp3) is 0.364. The molecule has 0 spiro atoms. The Morgan fingerprint density at radius 1 is 1.07 bits per heavy atom. The first-order chi connectivity index (χ1) is 13.7. The molecule has 0 N–H and O–H groups in total. The van der Waals surface area contributed by atoms with E-state index in [4.69, 9.17) is 9.47 Å². The minimum atomic E-state index is -3.76. The van der Waals surface area contributed by atoms with Gasteiger partial charge >= 0.3 is 0 Å². The van der Waals surface area contributed by atoms with Gasteiger partial charge in [0.1, 0.15) is 18.1 Å². The average molecular weight is 417 g/mol. The fourth-order valence-electron chi connectivity index (χ4n) is 3.07. The van der Waals surface area contributed by atoms with Crippen LogP contribution in [0.15, 0.2) is 53.6 Å². The molecule has 0 amide bonds. The van der Waals surface area contributed by atoms with Crippen LogP contribution in [-0.2, 0) is 10.0 Å². The minimum absolute atomic E-state index is 0.245.